The lowest BCUT2D eigenvalue weighted by molar-refractivity contribution is -0.122. The number of nitrogens with zero attached hydrogens (tertiary/aromatic N) is 1. The minimum Gasteiger partial charge on any atom is -0.354 e. The third kappa shape index (κ3) is 3.87. The Bertz CT molecular complexity index is 656. The number of hydrogen-bond donors (Lipinski definition) is 1. The normalized spacial score (nSPS) is 22.4. The number of likely N-dealkylation sites (tertiary alicyclic amines) is 1. The largest absolute Gasteiger partial charge is 0.354 e. The van der Waals surface area contributed by atoms with Gasteiger partial charge in [0, 0.05) is 23.5 Å². The minimum absolute atomic E-state index is 0.0423. The van der Waals surface area contributed by atoms with Gasteiger partial charge in [0.2, 0.25) is 5.91 Å². The van der Waals surface area contributed by atoms with Crippen LogP contribution in [0.15, 0.2) is 47.8 Å². The van der Waals surface area contributed by atoms with E-state index in [1.54, 1.807) is 11.3 Å². The molecule has 4 heteroatoms. The second-order valence-electron chi connectivity index (χ2n) is 6.96. The molecule has 3 rings (SSSR count). The summed E-state index contributed by atoms with van der Waals surface area (Å²) in [5.74, 6) is 0.0582. The summed E-state index contributed by atoms with van der Waals surface area (Å²) in [5.41, 5.74) is 1.38. The molecule has 0 unspecified atom stereocenters. The van der Waals surface area contributed by atoms with Gasteiger partial charge in [-0.2, -0.15) is 0 Å². The van der Waals surface area contributed by atoms with Gasteiger partial charge in [0.15, 0.2) is 0 Å². The molecule has 1 aliphatic rings. The first kappa shape index (κ1) is 17.2. The monoisotopic (exact) mass is 342 g/mol. The highest BCUT2D eigenvalue weighted by molar-refractivity contribution is 7.10. The topological polar surface area (TPSA) is 32.3 Å². The smallest absolute Gasteiger partial charge is 0.228 e. The van der Waals surface area contributed by atoms with Gasteiger partial charge in [-0.1, -0.05) is 36.4 Å². The molecule has 1 aromatic heterocycles. The van der Waals surface area contributed by atoms with Crippen molar-refractivity contribution in [1.82, 2.24) is 10.2 Å². The fourth-order valence-corrected chi connectivity index (χ4v) is 4.23. The van der Waals surface area contributed by atoms with Gasteiger partial charge in [-0.15, -0.1) is 11.3 Å². The van der Waals surface area contributed by atoms with E-state index in [9.17, 15) is 4.79 Å². The number of amides is 1. The van der Waals surface area contributed by atoms with Crippen LogP contribution in [0.4, 0.5) is 0 Å². The molecule has 0 saturated carbocycles. The van der Waals surface area contributed by atoms with E-state index in [4.69, 9.17) is 0 Å². The van der Waals surface area contributed by atoms with Gasteiger partial charge < -0.3 is 5.32 Å². The molecule has 2 aromatic rings. The van der Waals surface area contributed by atoms with Crippen LogP contribution >= 0.6 is 11.3 Å². The highest BCUT2D eigenvalue weighted by atomic mass is 32.1. The molecule has 1 aromatic carbocycles. The zero-order chi connectivity index (χ0) is 17.0. The number of nitrogens with one attached hydrogen (secondary N) is 1. The molecule has 0 aliphatic carbocycles. The van der Waals surface area contributed by atoms with Crippen molar-refractivity contribution in [3.8, 4) is 0 Å². The van der Waals surface area contributed by atoms with Crippen molar-refractivity contribution >= 4 is 17.2 Å². The third-order valence-corrected chi connectivity index (χ3v) is 6.18. The van der Waals surface area contributed by atoms with Gasteiger partial charge in [0.1, 0.15) is 0 Å². The fraction of sp³-hybridized carbons (Fsp3) is 0.450. The second kappa shape index (κ2) is 7.49. The Morgan fingerprint density at radius 1 is 1.29 bits per heavy atom. The van der Waals surface area contributed by atoms with Crippen LogP contribution in [-0.4, -0.2) is 29.4 Å². The molecule has 2 heterocycles. The Hall–Kier alpha value is -1.65. The van der Waals surface area contributed by atoms with Crippen molar-refractivity contribution in [1.29, 1.82) is 0 Å². The molecule has 1 fully saturated rings. The fourth-order valence-electron chi connectivity index (χ4n) is 3.45. The molecular weight excluding hydrogens is 316 g/mol. The van der Waals surface area contributed by atoms with Crippen molar-refractivity contribution in [3.05, 3.63) is 58.3 Å². The Balaban J connectivity index is 1.59. The Labute approximate surface area is 148 Å². The Morgan fingerprint density at radius 3 is 2.79 bits per heavy atom. The molecule has 3 nitrogen and oxygen atoms in total. The summed E-state index contributed by atoms with van der Waals surface area (Å²) in [6.45, 7) is 7.03. The zero-order valence-electron chi connectivity index (χ0n) is 14.5. The quantitative estimate of drug-likeness (QED) is 0.860. The maximum absolute atomic E-state index is 12.5. The molecule has 1 aliphatic heterocycles. The van der Waals surface area contributed by atoms with Crippen LogP contribution in [0, 0.1) is 0 Å². The van der Waals surface area contributed by atoms with Gasteiger partial charge in [0.05, 0.1) is 5.92 Å². The van der Waals surface area contributed by atoms with Crippen molar-refractivity contribution < 1.29 is 4.79 Å². The number of benzene rings is 1. The van der Waals surface area contributed by atoms with Gasteiger partial charge >= 0.3 is 0 Å². The number of rotatable bonds is 6. The average molecular weight is 343 g/mol. The molecule has 1 amide bonds. The van der Waals surface area contributed by atoms with E-state index in [-0.39, 0.29) is 17.4 Å². The Morgan fingerprint density at radius 2 is 2.08 bits per heavy atom. The lowest BCUT2D eigenvalue weighted by Gasteiger charge is -2.36. The van der Waals surface area contributed by atoms with E-state index in [2.05, 4.69) is 47.5 Å². The SMILES string of the molecule is C[C@@H](C(=O)NC[C@@]1(C)CCCN1Cc1ccccc1)c1cccs1. The number of thiophene rings is 1. The van der Waals surface area contributed by atoms with Crippen molar-refractivity contribution in [2.24, 2.45) is 0 Å². The van der Waals surface area contributed by atoms with Gasteiger partial charge in [-0.05, 0) is 50.2 Å². The van der Waals surface area contributed by atoms with E-state index in [0.717, 1.165) is 24.4 Å². The summed E-state index contributed by atoms with van der Waals surface area (Å²) in [6.07, 6.45) is 2.33. The summed E-state index contributed by atoms with van der Waals surface area (Å²) in [5, 5.41) is 5.22. The van der Waals surface area contributed by atoms with E-state index >= 15 is 0 Å². The number of carbonyl (C=O) groups excluding carboxylic acids is 1. The molecule has 1 N–H and O–H groups in total. The second-order valence-corrected chi connectivity index (χ2v) is 7.94. The number of carbonyl (C=O) groups is 1. The first-order valence-corrected chi connectivity index (χ1v) is 9.56. The molecule has 1 saturated heterocycles. The first-order valence-electron chi connectivity index (χ1n) is 8.68. The highest BCUT2D eigenvalue weighted by Gasteiger charge is 2.36. The highest BCUT2D eigenvalue weighted by Crippen LogP contribution is 2.30. The van der Waals surface area contributed by atoms with E-state index < -0.39 is 0 Å². The molecule has 2 atom stereocenters. The maximum Gasteiger partial charge on any atom is 0.228 e. The van der Waals surface area contributed by atoms with Crippen LogP contribution in [0.5, 0.6) is 0 Å². The molecule has 24 heavy (non-hydrogen) atoms. The predicted octanol–water partition coefficient (Wildman–Crippen LogP) is 4.02. The van der Waals surface area contributed by atoms with Gasteiger partial charge in [0.25, 0.3) is 0 Å². The summed E-state index contributed by atoms with van der Waals surface area (Å²) < 4.78 is 0. The summed E-state index contributed by atoms with van der Waals surface area (Å²) in [7, 11) is 0. The lowest BCUT2D eigenvalue weighted by atomic mass is 9.97. The molecule has 0 bridgehead atoms. The van der Waals surface area contributed by atoms with Crippen LogP contribution in [0.1, 0.15) is 43.0 Å². The molecule has 0 radical (unpaired) electrons. The van der Waals surface area contributed by atoms with Crippen LogP contribution in [0.3, 0.4) is 0 Å². The van der Waals surface area contributed by atoms with Crippen LogP contribution < -0.4 is 5.32 Å². The van der Waals surface area contributed by atoms with Crippen molar-refractivity contribution in [3.63, 3.8) is 0 Å². The standard InChI is InChI=1S/C20H26N2OS/c1-16(18-10-6-13-24-18)19(23)21-15-20(2)11-7-12-22(20)14-17-8-4-3-5-9-17/h3-6,8-10,13,16H,7,11-12,14-15H2,1-2H3,(H,21,23)/t16-,20-/m1/s1. The zero-order valence-corrected chi connectivity index (χ0v) is 15.3. The van der Waals surface area contributed by atoms with Gasteiger partial charge in [-0.3, -0.25) is 9.69 Å². The molecular formula is C20H26N2OS. The average Bonchev–Trinajstić information content (AvgIpc) is 3.24. The van der Waals surface area contributed by atoms with Crippen LogP contribution in [0.25, 0.3) is 0 Å². The lowest BCUT2D eigenvalue weighted by Crippen LogP contribution is -2.50. The summed E-state index contributed by atoms with van der Waals surface area (Å²) in [6, 6.07) is 14.6. The molecule has 128 valence electrons. The van der Waals surface area contributed by atoms with E-state index in [1.807, 2.05) is 24.4 Å². The minimum atomic E-state index is -0.0717. The third-order valence-electron chi connectivity index (χ3n) is 5.13. The van der Waals surface area contributed by atoms with E-state index in [1.165, 1.54) is 12.0 Å². The van der Waals surface area contributed by atoms with Crippen molar-refractivity contribution in [2.45, 2.75) is 44.7 Å². The van der Waals surface area contributed by atoms with E-state index in [0.29, 0.717) is 6.54 Å². The Kier molecular flexibility index (Phi) is 5.36. The molecule has 0 spiro atoms. The maximum atomic E-state index is 12.5. The van der Waals surface area contributed by atoms with Crippen LogP contribution in [0.2, 0.25) is 0 Å². The van der Waals surface area contributed by atoms with Crippen LogP contribution in [-0.2, 0) is 11.3 Å². The van der Waals surface area contributed by atoms with Crippen molar-refractivity contribution in [2.75, 3.05) is 13.1 Å². The number of hydrogen-bond acceptors (Lipinski definition) is 3. The summed E-state index contributed by atoms with van der Waals surface area (Å²) >= 11 is 1.65. The first-order chi connectivity index (χ1) is 11.6. The summed E-state index contributed by atoms with van der Waals surface area (Å²) in [4.78, 5) is 16.1. The predicted molar refractivity (Wildman–Crippen MR) is 100 cm³/mol. The van der Waals surface area contributed by atoms with Gasteiger partial charge in [-0.25, -0.2) is 0 Å².